The SMILES string of the molecule is CSc1ccc([C@@H](C)NC(=O)CN(Cc2ccc(C)cc2)S(=O)(=O)c2ccc(C)cc2)cc1. The predicted molar refractivity (Wildman–Crippen MR) is 135 cm³/mol. The van der Waals surface area contributed by atoms with Gasteiger partial charge in [0.05, 0.1) is 17.5 Å². The summed E-state index contributed by atoms with van der Waals surface area (Å²) in [4.78, 5) is 14.2. The van der Waals surface area contributed by atoms with Gasteiger partial charge in [-0.15, -0.1) is 11.8 Å². The van der Waals surface area contributed by atoms with Gasteiger partial charge in [-0.3, -0.25) is 4.79 Å². The number of benzene rings is 3. The second kappa shape index (κ2) is 11.0. The molecule has 0 unspecified atom stereocenters. The highest BCUT2D eigenvalue weighted by Gasteiger charge is 2.27. The molecule has 33 heavy (non-hydrogen) atoms. The van der Waals surface area contributed by atoms with Crippen molar-refractivity contribution in [1.82, 2.24) is 9.62 Å². The fraction of sp³-hybridized carbons (Fsp3) is 0.269. The molecule has 0 aliphatic rings. The molecule has 0 saturated heterocycles. The number of nitrogens with zero attached hydrogens (tertiary/aromatic N) is 1. The van der Waals surface area contributed by atoms with Crippen molar-refractivity contribution in [3.8, 4) is 0 Å². The first-order valence-electron chi connectivity index (χ1n) is 10.7. The summed E-state index contributed by atoms with van der Waals surface area (Å²) >= 11 is 1.65. The smallest absolute Gasteiger partial charge is 0.243 e. The number of rotatable bonds is 9. The number of thioether (sulfide) groups is 1. The van der Waals surface area contributed by atoms with Gasteiger partial charge in [-0.25, -0.2) is 8.42 Å². The zero-order valence-electron chi connectivity index (χ0n) is 19.4. The summed E-state index contributed by atoms with van der Waals surface area (Å²) in [6.07, 6.45) is 2.01. The quantitative estimate of drug-likeness (QED) is 0.431. The molecular formula is C26H30N2O3S2. The zero-order valence-corrected chi connectivity index (χ0v) is 21.0. The van der Waals surface area contributed by atoms with Crippen LogP contribution in [-0.4, -0.2) is 31.4 Å². The normalized spacial score (nSPS) is 12.5. The first-order chi connectivity index (χ1) is 15.7. The Balaban J connectivity index is 1.81. The van der Waals surface area contributed by atoms with Crippen LogP contribution in [0.4, 0.5) is 0 Å². The van der Waals surface area contributed by atoms with E-state index in [0.717, 1.165) is 27.1 Å². The minimum Gasteiger partial charge on any atom is -0.348 e. The van der Waals surface area contributed by atoms with Crippen molar-refractivity contribution in [3.63, 3.8) is 0 Å². The molecule has 174 valence electrons. The van der Waals surface area contributed by atoms with Crippen molar-refractivity contribution in [1.29, 1.82) is 0 Å². The van der Waals surface area contributed by atoms with Gasteiger partial charge in [-0.2, -0.15) is 4.31 Å². The van der Waals surface area contributed by atoms with E-state index in [1.54, 1.807) is 36.0 Å². The molecule has 0 heterocycles. The molecule has 0 radical (unpaired) electrons. The molecule has 0 spiro atoms. The maximum atomic E-state index is 13.4. The van der Waals surface area contributed by atoms with Gasteiger partial charge in [0, 0.05) is 11.4 Å². The third kappa shape index (κ3) is 6.69. The summed E-state index contributed by atoms with van der Waals surface area (Å²) in [6, 6.07) is 22.1. The van der Waals surface area contributed by atoms with Gasteiger partial charge in [-0.1, -0.05) is 59.7 Å². The van der Waals surface area contributed by atoms with E-state index in [9.17, 15) is 13.2 Å². The van der Waals surface area contributed by atoms with Crippen LogP contribution >= 0.6 is 11.8 Å². The van der Waals surface area contributed by atoms with Gasteiger partial charge in [-0.05, 0) is 62.4 Å². The Morgan fingerprint density at radius 2 is 1.45 bits per heavy atom. The molecule has 7 heteroatoms. The number of amides is 1. The van der Waals surface area contributed by atoms with Crippen LogP contribution in [0.15, 0.2) is 82.6 Å². The lowest BCUT2D eigenvalue weighted by Gasteiger charge is -2.23. The molecule has 1 atom stereocenters. The van der Waals surface area contributed by atoms with Crippen LogP contribution in [-0.2, 0) is 21.4 Å². The zero-order chi connectivity index (χ0) is 24.0. The molecule has 0 bridgehead atoms. The Kier molecular flexibility index (Phi) is 8.35. The van der Waals surface area contributed by atoms with E-state index in [1.165, 1.54) is 4.31 Å². The van der Waals surface area contributed by atoms with Gasteiger partial charge in [0.1, 0.15) is 0 Å². The summed E-state index contributed by atoms with van der Waals surface area (Å²) in [7, 11) is -3.86. The molecular weight excluding hydrogens is 452 g/mol. The Hall–Kier alpha value is -2.61. The average molecular weight is 483 g/mol. The van der Waals surface area contributed by atoms with E-state index < -0.39 is 10.0 Å². The lowest BCUT2D eigenvalue weighted by molar-refractivity contribution is -0.122. The Bertz CT molecular complexity index is 1170. The van der Waals surface area contributed by atoms with E-state index in [0.29, 0.717) is 0 Å². The third-order valence-corrected chi connectivity index (χ3v) is 8.00. The minimum atomic E-state index is -3.86. The van der Waals surface area contributed by atoms with E-state index in [4.69, 9.17) is 0 Å². The van der Waals surface area contributed by atoms with Crippen molar-refractivity contribution in [2.75, 3.05) is 12.8 Å². The molecule has 0 aliphatic heterocycles. The fourth-order valence-electron chi connectivity index (χ4n) is 3.41. The molecule has 3 aromatic carbocycles. The number of carbonyl (C=O) groups is 1. The standard InChI is InChI=1S/C26H30N2O3S2/c1-19-5-9-22(10-6-19)17-28(33(30,31)25-15-7-20(2)8-16-25)18-26(29)27-21(3)23-11-13-24(32-4)14-12-23/h5-16,21H,17-18H2,1-4H3,(H,27,29)/t21-/m1/s1. The van der Waals surface area contributed by atoms with Crippen LogP contribution in [0.3, 0.4) is 0 Å². The molecule has 0 saturated carbocycles. The van der Waals surface area contributed by atoms with Crippen LogP contribution in [0.5, 0.6) is 0 Å². The van der Waals surface area contributed by atoms with Crippen LogP contribution < -0.4 is 5.32 Å². The number of carbonyl (C=O) groups excluding carboxylic acids is 1. The predicted octanol–water partition coefficient (Wildman–Crippen LogP) is 5.09. The first-order valence-corrected chi connectivity index (χ1v) is 13.4. The topological polar surface area (TPSA) is 66.5 Å². The highest BCUT2D eigenvalue weighted by molar-refractivity contribution is 7.98. The van der Waals surface area contributed by atoms with Crippen molar-refractivity contribution < 1.29 is 13.2 Å². The summed E-state index contributed by atoms with van der Waals surface area (Å²) in [6.45, 7) is 5.62. The third-order valence-electron chi connectivity index (χ3n) is 5.45. The lowest BCUT2D eigenvalue weighted by atomic mass is 10.1. The summed E-state index contributed by atoms with van der Waals surface area (Å²) in [5, 5.41) is 2.94. The second-order valence-corrected chi connectivity index (χ2v) is 11.0. The number of hydrogen-bond donors (Lipinski definition) is 1. The summed E-state index contributed by atoms with van der Waals surface area (Å²) in [5.74, 6) is -0.348. The maximum absolute atomic E-state index is 13.4. The number of sulfonamides is 1. The monoisotopic (exact) mass is 482 g/mol. The number of aryl methyl sites for hydroxylation is 2. The van der Waals surface area contributed by atoms with E-state index in [-0.39, 0.29) is 29.9 Å². The van der Waals surface area contributed by atoms with E-state index in [2.05, 4.69) is 5.32 Å². The minimum absolute atomic E-state index is 0.112. The van der Waals surface area contributed by atoms with Crippen molar-refractivity contribution in [3.05, 3.63) is 95.1 Å². The van der Waals surface area contributed by atoms with Crippen LogP contribution in [0.25, 0.3) is 0 Å². The Morgan fingerprint density at radius 1 is 0.909 bits per heavy atom. The first kappa shape index (κ1) is 25.0. The largest absolute Gasteiger partial charge is 0.348 e. The lowest BCUT2D eigenvalue weighted by Crippen LogP contribution is -2.41. The molecule has 3 rings (SSSR count). The summed E-state index contributed by atoms with van der Waals surface area (Å²) < 4.78 is 28.1. The molecule has 1 N–H and O–H groups in total. The summed E-state index contributed by atoms with van der Waals surface area (Å²) in [5.41, 5.74) is 3.85. The van der Waals surface area contributed by atoms with Gasteiger partial charge in [0.25, 0.3) is 0 Å². The van der Waals surface area contributed by atoms with Crippen molar-refractivity contribution in [2.45, 2.75) is 43.1 Å². The second-order valence-electron chi connectivity index (χ2n) is 8.13. The number of hydrogen-bond acceptors (Lipinski definition) is 4. The molecule has 0 fully saturated rings. The molecule has 0 aliphatic carbocycles. The molecule has 3 aromatic rings. The van der Waals surface area contributed by atoms with Crippen LogP contribution in [0.1, 0.15) is 35.2 Å². The fourth-order valence-corrected chi connectivity index (χ4v) is 5.20. The maximum Gasteiger partial charge on any atom is 0.243 e. The van der Waals surface area contributed by atoms with Gasteiger partial charge >= 0.3 is 0 Å². The Labute approximate surface area is 201 Å². The number of nitrogens with one attached hydrogen (secondary N) is 1. The van der Waals surface area contributed by atoms with E-state index in [1.807, 2.05) is 75.6 Å². The van der Waals surface area contributed by atoms with E-state index >= 15 is 0 Å². The van der Waals surface area contributed by atoms with Gasteiger partial charge in [0.2, 0.25) is 15.9 Å². The van der Waals surface area contributed by atoms with Crippen molar-refractivity contribution in [2.24, 2.45) is 0 Å². The van der Waals surface area contributed by atoms with Crippen molar-refractivity contribution >= 4 is 27.7 Å². The van der Waals surface area contributed by atoms with Gasteiger partial charge < -0.3 is 5.32 Å². The average Bonchev–Trinajstić information content (AvgIpc) is 2.80. The van der Waals surface area contributed by atoms with Gasteiger partial charge in [0.15, 0.2) is 0 Å². The molecule has 0 aromatic heterocycles. The van der Waals surface area contributed by atoms with Crippen LogP contribution in [0.2, 0.25) is 0 Å². The molecule has 1 amide bonds. The highest BCUT2D eigenvalue weighted by atomic mass is 32.2. The highest BCUT2D eigenvalue weighted by Crippen LogP contribution is 2.21. The van der Waals surface area contributed by atoms with Crippen LogP contribution in [0, 0.1) is 13.8 Å². The molecule has 5 nitrogen and oxygen atoms in total. The Morgan fingerprint density at radius 3 is 2.00 bits per heavy atom.